The van der Waals surface area contributed by atoms with E-state index in [1.807, 2.05) is 0 Å². The molecule has 12 heteroatoms. The molecule has 1 fully saturated rings. The Morgan fingerprint density at radius 1 is 1.30 bits per heavy atom. The molecule has 1 aromatic heterocycles. The van der Waals surface area contributed by atoms with Crippen LogP contribution in [0.2, 0.25) is 0 Å². The quantitative estimate of drug-likeness (QED) is 0.183. The zero-order valence-corrected chi connectivity index (χ0v) is 18.5. The number of ether oxygens (including phenoxy) is 1. The summed E-state index contributed by atoms with van der Waals surface area (Å²) in [6.07, 6.45) is 3.11. The van der Waals surface area contributed by atoms with Gasteiger partial charge in [-0.05, 0) is 35.9 Å². The first-order valence-electron chi connectivity index (χ1n) is 9.60. The van der Waals surface area contributed by atoms with Gasteiger partial charge in [0.05, 0.1) is 27.4 Å². The number of hydrogen-bond acceptors (Lipinski definition) is 9. The standard InChI is InChI=1S/C21H16N2O8S2/c24-16(31-11-12-3-5-13(6-4-12)23(28)29)7-9-32-21-17(20(26)27)22-18(25)15(19(22)33-21)10-14-2-1-8-30-14/h1-6,8,10,19H,7,9,11H2,(H,26,27)/b15-10-/t19-/m0/s1. The Morgan fingerprint density at radius 2 is 2.06 bits per heavy atom. The lowest BCUT2D eigenvalue weighted by atomic mass is 10.0. The second-order valence-electron chi connectivity index (χ2n) is 6.88. The minimum Gasteiger partial charge on any atom is -0.477 e. The van der Waals surface area contributed by atoms with Gasteiger partial charge in [0.2, 0.25) is 0 Å². The number of amides is 1. The van der Waals surface area contributed by atoms with Crippen molar-refractivity contribution in [3.05, 3.63) is 79.6 Å². The molecule has 2 aliphatic heterocycles. The normalized spacial score (nSPS) is 18.3. The Labute approximate surface area is 195 Å². The number of β-lactam (4-membered cyclic amide) rings is 1. The number of non-ortho nitro benzene ring substituents is 1. The number of nitro benzene ring substituents is 1. The lowest BCUT2D eigenvalue weighted by Crippen LogP contribution is -2.51. The molecule has 1 aromatic carbocycles. The molecule has 2 aliphatic rings. The second-order valence-corrected chi connectivity index (χ2v) is 9.34. The summed E-state index contributed by atoms with van der Waals surface area (Å²) >= 11 is 2.42. The van der Waals surface area contributed by atoms with Crippen molar-refractivity contribution in [2.75, 3.05) is 5.75 Å². The molecule has 0 bridgehead atoms. The predicted octanol–water partition coefficient (Wildman–Crippen LogP) is 3.61. The van der Waals surface area contributed by atoms with Crippen molar-refractivity contribution in [3.63, 3.8) is 0 Å². The Kier molecular flexibility index (Phi) is 6.56. The van der Waals surface area contributed by atoms with E-state index in [4.69, 9.17) is 9.15 Å². The lowest BCUT2D eigenvalue weighted by molar-refractivity contribution is -0.384. The van der Waals surface area contributed by atoms with Gasteiger partial charge < -0.3 is 14.3 Å². The molecular weight excluding hydrogens is 472 g/mol. The van der Waals surface area contributed by atoms with E-state index in [9.17, 15) is 29.6 Å². The number of nitro groups is 1. The van der Waals surface area contributed by atoms with Crippen molar-refractivity contribution in [1.82, 2.24) is 4.90 Å². The van der Waals surface area contributed by atoms with E-state index >= 15 is 0 Å². The third kappa shape index (κ3) is 4.81. The lowest BCUT2D eigenvalue weighted by Gasteiger charge is -2.36. The SMILES string of the molecule is O=C(CCSC1=C(C(=O)O)N2C(=O)/C(=C/c3ccco3)[C@@H]2S1)OCc1ccc([N+](=O)[O-])cc1. The molecule has 170 valence electrons. The number of nitrogens with zero attached hydrogens (tertiary/aromatic N) is 2. The third-order valence-electron chi connectivity index (χ3n) is 4.75. The van der Waals surface area contributed by atoms with Gasteiger partial charge in [0, 0.05) is 17.9 Å². The van der Waals surface area contributed by atoms with Gasteiger partial charge in [0.15, 0.2) is 5.70 Å². The van der Waals surface area contributed by atoms with Crippen LogP contribution in [-0.2, 0) is 25.7 Å². The molecule has 33 heavy (non-hydrogen) atoms. The van der Waals surface area contributed by atoms with Crippen molar-refractivity contribution in [2.24, 2.45) is 0 Å². The average Bonchev–Trinajstić information content (AvgIpc) is 3.42. The van der Waals surface area contributed by atoms with Crippen LogP contribution in [0.4, 0.5) is 5.69 Å². The summed E-state index contributed by atoms with van der Waals surface area (Å²) in [6, 6.07) is 9.07. The van der Waals surface area contributed by atoms with Crippen LogP contribution in [-0.4, -0.2) is 43.9 Å². The highest BCUT2D eigenvalue weighted by molar-refractivity contribution is 8.22. The van der Waals surface area contributed by atoms with E-state index in [1.54, 1.807) is 18.2 Å². The molecule has 0 radical (unpaired) electrons. The van der Waals surface area contributed by atoms with Gasteiger partial charge in [-0.2, -0.15) is 0 Å². The van der Waals surface area contributed by atoms with Crippen LogP contribution in [0, 0.1) is 10.1 Å². The molecule has 0 saturated carbocycles. The molecule has 0 unspecified atom stereocenters. The van der Waals surface area contributed by atoms with Crippen molar-refractivity contribution < 1.29 is 33.6 Å². The molecular formula is C21H16N2O8S2. The van der Waals surface area contributed by atoms with Crippen LogP contribution in [0.15, 0.2) is 62.6 Å². The van der Waals surface area contributed by atoms with Gasteiger partial charge in [-0.1, -0.05) is 11.8 Å². The Hall–Kier alpha value is -3.51. The van der Waals surface area contributed by atoms with Gasteiger partial charge in [0.25, 0.3) is 11.6 Å². The average molecular weight is 488 g/mol. The zero-order valence-electron chi connectivity index (χ0n) is 16.8. The van der Waals surface area contributed by atoms with Gasteiger partial charge in [0.1, 0.15) is 17.7 Å². The van der Waals surface area contributed by atoms with E-state index in [-0.39, 0.29) is 36.1 Å². The molecule has 2 aromatic rings. The number of fused-ring (bicyclic) bond motifs is 1. The fourth-order valence-corrected chi connectivity index (χ4v) is 5.82. The third-order valence-corrected chi connectivity index (χ3v) is 7.35. The number of aliphatic carboxylic acids is 1. The van der Waals surface area contributed by atoms with Gasteiger partial charge in [-0.3, -0.25) is 24.6 Å². The zero-order chi connectivity index (χ0) is 23.5. The predicted molar refractivity (Wildman–Crippen MR) is 120 cm³/mol. The first-order valence-corrected chi connectivity index (χ1v) is 11.5. The largest absolute Gasteiger partial charge is 0.477 e. The van der Waals surface area contributed by atoms with Crippen molar-refractivity contribution >= 4 is 53.1 Å². The Morgan fingerprint density at radius 3 is 2.70 bits per heavy atom. The first-order chi connectivity index (χ1) is 15.8. The molecule has 0 spiro atoms. The summed E-state index contributed by atoms with van der Waals surface area (Å²) in [6.45, 7) is -0.0232. The molecule has 1 N–H and O–H groups in total. The Bertz CT molecular complexity index is 1170. The maximum absolute atomic E-state index is 12.5. The maximum atomic E-state index is 12.5. The fourth-order valence-electron chi connectivity index (χ4n) is 3.14. The first kappa shape index (κ1) is 22.7. The minimum absolute atomic E-state index is 0.0232. The number of carbonyl (C=O) groups is 3. The smallest absolute Gasteiger partial charge is 0.354 e. The van der Waals surface area contributed by atoms with Crippen molar-refractivity contribution in [3.8, 4) is 0 Å². The van der Waals surface area contributed by atoms with Crippen LogP contribution in [0.5, 0.6) is 0 Å². The molecule has 3 heterocycles. The molecule has 1 amide bonds. The number of carbonyl (C=O) groups excluding carboxylic acids is 2. The van der Waals surface area contributed by atoms with Crippen LogP contribution < -0.4 is 0 Å². The highest BCUT2D eigenvalue weighted by atomic mass is 32.2. The number of furan rings is 1. The summed E-state index contributed by atoms with van der Waals surface area (Å²) in [5, 5.41) is 19.8. The molecule has 0 aliphatic carbocycles. The van der Waals surface area contributed by atoms with Crippen LogP contribution in [0.3, 0.4) is 0 Å². The van der Waals surface area contributed by atoms with E-state index in [0.29, 0.717) is 21.1 Å². The van der Waals surface area contributed by atoms with Crippen LogP contribution in [0.25, 0.3) is 6.08 Å². The number of carboxylic acid groups (broad SMARTS) is 1. The molecule has 1 atom stereocenters. The van der Waals surface area contributed by atoms with E-state index in [2.05, 4.69) is 0 Å². The second kappa shape index (κ2) is 9.55. The number of esters is 1. The molecule has 1 saturated heterocycles. The maximum Gasteiger partial charge on any atom is 0.354 e. The van der Waals surface area contributed by atoms with Crippen LogP contribution >= 0.6 is 23.5 Å². The Balaban J connectivity index is 1.30. The van der Waals surface area contributed by atoms with Gasteiger partial charge in [-0.25, -0.2) is 4.79 Å². The summed E-state index contributed by atoms with van der Waals surface area (Å²) in [5.41, 5.74) is 0.925. The van der Waals surface area contributed by atoms with Gasteiger partial charge >= 0.3 is 11.9 Å². The van der Waals surface area contributed by atoms with E-state index < -0.39 is 22.2 Å². The monoisotopic (exact) mass is 488 g/mol. The highest BCUT2D eigenvalue weighted by Crippen LogP contribution is 2.53. The number of hydrogen-bond donors (Lipinski definition) is 1. The topological polar surface area (TPSA) is 140 Å². The number of benzene rings is 1. The summed E-state index contributed by atoms with van der Waals surface area (Å²) in [7, 11) is 0. The summed E-state index contributed by atoms with van der Waals surface area (Å²) < 4.78 is 10.8. The van der Waals surface area contributed by atoms with Crippen molar-refractivity contribution in [2.45, 2.75) is 18.4 Å². The van der Waals surface area contributed by atoms with E-state index in [1.165, 1.54) is 59.0 Å². The summed E-state index contributed by atoms with van der Waals surface area (Å²) in [4.78, 5) is 47.6. The highest BCUT2D eigenvalue weighted by Gasteiger charge is 2.52. The molecule has 4 rings (SSSR count). The van der Waals surface area contributed by atoms with E-state index in [0.717, 1.165) is 0 Å². The molecule has 10 nitrogen and oxygen atoms in total. The number of thioether (sulfide) groups is 2. The fraction of sp³-hybridized carbons (Fsp3) is 0.190. The van der Waals surface area contributed by atoms with Gasteiger partial charge in [-0.15, -0.1) is 11.8 Å². The number of carboxylic acids is 1. The minimum atomic E-state index is -1.21. The van der Waals surface area contributed by atoms with Crippen LogP contribution in [0.1, 0.15) is 17.7 Å². The number of rotatable bonds is 9. The summed E-state index contributed by atoms with van der Waals surface area (Å²) in [5.74, 6) is -1.31. The van der Waals surface area contributed by atoms with Crippen molar-refractivity contribution in [1.29, 1.82) is 0 Å².